The maximum absolute atomic E-state index is 13.0. The molecule has 1 unspecified atom stereocenters. The number of pyridine rings is 1. The van der Waals surface area contributed by atoms with Crippen molar-refractivity contribution in [1.82, 2.24) is 19.9 Å². The number of hydrogen-bond donors (Lipinski definition) is 1. The highest BCUT2D eigenvalue weighted by Crippen LogP contribution is 2.34. The highest BCUT2D eigenvalue weighted by atomic mass is 32.1. The fourth-order valence-corrected chi connectivity index (χ4v) is 4.37. The van der Waals surface area contributed by atoms with Crippen molar-refractivity contribution < 1.29 is 9.53 Å². The number of nitrogens with zero attached hydrogens (tertiary/aromatic N) is 4. The quantitative estimate of drug-likeness (QED) is 0.730. The van der Waals surface area contributed by atoms with Gasteiger partial charge in [0.2, 0.25) is 0 Å². The minimum atomic E-state index is 0.0154. The van der Waals surface area contributed by atoms with E-state index in [9.17, 15) is 4.79 Å². The second-order valence-corrected chi connectivity index (χ2v) is 7.57. The summed E-state index contributed by atoms with van der Waals surface area (Å²) in [6, 6.07) is 5.93. The summed E-state index contributed by atoms with van der Waals surface area (Å²) >= 11 is 1.42. The first-order valence-corrected chi connectivity index (χ1v) is 9.69. The van der Waals surface area contributed by atoms with Crippen LogP contribution in [0.1, 0.15) is 27.3 Å². The zero-order valence-corrected chi connectivity index (χ0v) is 16.1. The Morgan fingerprint density at radius 2 is 2.26 bits per heavy atom. The van der Waals surface area contributed by atoms with Crippen molar-refractivity contribution in [2.45, 2.75) is 25.9 Å². The zero-order chi connectivity index (χ0) is 18.8. The molecule has 0 bridgehead atoms. The molecule has 4 rings (SSSR count). The van der Waals surface area contributed by atoms with Gasteiger partial charge in [-0.2, -0.15) is 0 Å². The second kappa shape index (κ2) is 7.58. The molecular weight excluding hydrogens is 362 g/mol. The predicted octanol–water partition coefficient (Wildman–Crippen LogP) is 2.87. The lowest BCUT2D eigenvalue weighted by Crippen LogP contribution is -2.37. The number of carbonyl (C=O) groups excluding carboxylic acids is 1. The van der Waals surface area contributed by atoms with Gasteiger partial charge in [-0.15, -0.1) is 11.3 Å². The molecular formula is C19H21N5O2S. The minimum absolute atomic E-state index is 0.0154. The molecule has 1 aliphatic heterocycles. The van der Waals surface area contributed by atoms with Crippen LogP contribution in [0.3, 0.4) is 0 Å². The summed E-state index contributed by atoms with van der Waals surface area (Å²) < 4.78 is 5.42. The summed E-state index contributed by atoms with van der Waals surface area (Å²) in [5.41, 5.74) is 1.84. The highest BCUT2D eigenvalue weighted by Gasteiger charge is 2.28. The summed E-state index contributed by atoms with van der Waals surface area (Å²) in [6.07, 6.45) is 4.17. The Bertz CT molecular complexity index is 953. The first kappa shape index (κ1) is 17.8. The molecule has 4 heterocycles. The number of aryl methyl sites for hydroxylation is 1. The van der Waals surface area contributed by atoms with Crippen LogP contribution in [0.4, 0.5) is 5.82 Å². The molecule has 1 saturated heterocycles. The molecule has 140 valence electrons. The minimum Gasteiger partial charge on any atom is -0.379 e. The van der Waals surface area contributed by atoms with Crippen LogP contribution in [0.5, 0.6) is 0 Å². The number of thiophene rings is 1. The number of anilines is 1. The van der Waals surface area contributed by atoms with E-state index in [1.54, 1.807) is 11.1 Å². The van der Waals surface area contributed by atoms with E-state index < -0.39 is 0 Å². The molecule has 0 spiro atoms. The van der Waals surface area contributed by atoms with E-state index in [4.69, 9.17) is 4.74 Å². The number of nitrogens with one attached hydrogen (secondary N) is 1. The lowest BCUT2D eigenvalue weighted by atomic mass is 10.1. The van der Waals surface area contributed by atoms with Crippen molar-refractivity contribution in [3.63, 3.8) is 0 Å². The average Bonchev–Trinajstić information content (AvgIpc) is 3.35. The molecule has 8 heteroatoms. The summed E-state index contributed by atoms with van der Waals surface area (Å²) in [6.45, 7) is 3.83. The molecule has 3 aromatic heterocycles. The maximum atomic E-state index is 13.0. The SMILES string of the molecule is Cc1c(C(=O)N(C)C2CCOC2)sc2ncnc(NCc3ccccn3)c12. The predicted molar refractivity (Wildman–Crippen MR) is 105 cm³/mol. The smallest absolute Gasteiger partial charge is 0.264 e. The first-order valence-electron chi connectivity index (χ1n) is 8.88. The van der Waals surface area contributed by atoms with Crippen LogP contribution < -0.4 is 5.32 Å². The zero-order valence-electron chi connectivity index (χ0n) is 15.3. The summed E-state index contributed by atoms with van der Waals surface area (Å²) in [5.74, 6) is 0.743. The fourth-order valence-electron chi connectivity index (χ4n) is 3.24. The number of rotatable bonds is 5. The Morgan fingerprint density at radius 1 is 1.37 bits per heavy atom. The van der Waals surface area contributed by atoms with Crippen LogP contribution in [0.2, 0.25) is 0 Å². The van der Waals surface area contributed by atoms with Crippen molar-refractivity contribution in [3.05, 3.63) is 46.9 Å². The van der Waals surface area contributed by atoms with Gasteiger partial charge in [-0.1, -0.05) is 6.07 Å². The molecule has 1 amide bonds. The van der Waals surface area contributed by atoms with Gasteiger partial charge in [0.1, 0.15) is 17.0 Å². The van der Waals surface area contributed by atoms with Crippen LogP contribution in [-0.2, 0) is 11.3 Å². The molecule has 7 nitrogen and oxygen atoms in total. The summed E-state index contributed by atoms with van der Waals surface area (Å²) in [7, 11) is 1.84. The number of aromatic nitrogens is 3. The van der Waals surface area contributed by atoms with E-state index in [0.717, 1.165) is 33.7 Å². The van der Waals surface area contributed by atoms with Crippen molar-refractivity contribution in [1.29, 1.82) is 0 Å². The van der Waals surface area contributed by atoms with E-state index >= 15 is 0 Å². The van der Waals surface area contributed by atoms with E-state index in [1.165, 1.54) is 17.7 Å². The van der Waals surface area contributed by atoms with Gasteiger partial charge in [0, 0.05) is 19.9 Å². The molecule has 27 heavy (non-hydrogen) atoms. The topological polar surface area (TPSA) is 80.2 Å². The van der Waals surface area contributed by atoms with Crippen molar-refractivity contribution >= 4 is 33.3 Å². The largest absolute Gasteiger partial charge is 0.379 e. The summed E-state index contributed by atoms with van der Waals surface area (Å²) in [5, 5.41) is 4.23. The average molecular weight is 383 g/mol. The number of amides is 1. The highest BCUT2D eigenvalue weighted by molar-refractivity contribution is 7.20. The number of likely N-dealkylation sites (N-methyl/N-ethyl adjacent to an activating group) is 1. The maximum Gasteiger partial charge on any atom is 0.264 e. The van der Waals surface area contributed by atoms with Crippen molar-refractivity contribution in [2.24, 2.45) is 0 Å². The van der Waals surface area contributed by atoms with Crippen LogP contribution in [0.15, 0.2) is 30.7 Å². The number of hydrogen-bond acceptors (Lipinski definition) is 7. The molecule has 0 radical (unpaired) electrons. The van der Waals surface area contributed by atoms with Gasteiger partial charge in [-0.25, -0.2) is 9.97 Å². The van der Waals surface area contributed by atoms with Gasteiger partial charge in [0.15, 0.2) is 0 Å². The van der Waals surface area contributed by atoms with Gasteiger partial charge in [-0.05, 0) is 31.0 Å². The fraction of sp³-hybridized carbons (Fsp3) is 0.368. The number of carbonyl (C=O) groups is 1. The second-order valence-electron chi connectivity index (χ2n) is 6.57. The van der Waals surface area contributed by atoms with Crippen LogP contribution in [0, 0.1) is 6.92 Å². The third-order valence-corrected chi connectivity index (χ3v) is 6.05. The Balaban J connectivity index is 1.62. The molecule has 0 aliphatic carbocycles. The Morgan fingerprint density at radius 3 is 3.00 bits per heavy atom. The first-order chi connectivity index (χ1) is 13.1. The Kier molecular flexibility index (Phi) is 5.00. The van der Waals surface area contributed by atoms with Crippen LogP contribution >= 0.6 is 11.3 Å². The normalized spacial score (nSPS) is 16.6. The Labute approximate surface area is 161 Å². The standard InChI is InChI=1S/C19H21N5O2S/c1-12-15-17(21-9-13-5-3-4-7-20-13)22-11-23-18(15)27-16(12)19(25)24(2)14-6-8-26-10-14/h3-5,7,11,14H,6,8-10H2,1-2H3,(H,21,22,23). The van der Waals surface area contributed by atoms with E-state index in [0.29, 0.717) is 24.6 Å². The van der Waals surface area contributed by atoms with E-state index in [2.05, 4.69) is 20.3 Å². The molecule has 3 aromatic rings. The van der Waals surface area contributed by atoms with Gasteiger partial charge in [-0.3, -0.25) is 9.78 Å². The molecule has 0 saturated carbocycles. The lowest BCUT2D eigenvalue weighted by Gasteiger charge is -2.22. The molecule has 1 atom stereocenters. The van der Waals surface area contributed by atoms with Gasteiger partial charge in [0.05, 0.1) is 35.2 Å². The van der Waals surface area contributed by atoms with Gasteiger partial charge < -0.3 is 15.0 Å². The van der Waals surface area contributed by atoms with Crippen LogP contribution in [-0.4, -0.2) is 52.1 Å². The lowest BCUT2D eigenvalue weighted by molar-refractivity contribution is 0.0715. The van der Waals surface area contributed by atoms with Crippen molar-refractivity contribution in [2.75, 3.05) is 25.6 Å². The van der Waals surface area contributed by atoms with Crippen LogP contribution in [0.25, 0.3) is 10.2 Å². The summed E-state index contributed by atoms with van der Waals surface area (Å²) in [4.78, 5) is 29.4. The van der Waals surface area contributed by atoms with E-state index in [-0.39, 0.29) is 11.9 Å². The third kappa shape index (κ3) is 3.50. The molecule has 0 aromatic carbocycles. The number of ether oxygens (including phenoxy) is 1. The molecule has 1 N–H and O–H groups in total. The molecule has 1 fully saturated rings. The van der Waals surface area contributed by atoms with Crippen molar-refractivity contribution in [3.8, 4) is 0 Å². The van der Waals surface area contributed by atoms with E-state index in [1.807, 2.05) is 32.2 Å². The monoisotopic (exact) mass is 383 g/mol. The third-order valence-electron chi connectivity index (χ3n) is 4.86. The number of fused-ring (bicyclic) bond motifs is 1. The Hall–Kier alpha value is -2.58. The van der Waals surface area contributed by atoms with Gasteiger partial charge in [0.25, 0.3) is 5.91 Å². The van der Waals surface area contributed by atoms with Gasteiger partial charge >= 0.3 is 0 Å². The molecule has 1 aliphatic rings.